The van der Waals surface area contributed by atoms with E-state index in [-0.39, 0.29) is 12.6 Å². The van der Waals surface area contributed by atoms with Gasteiger partial charge >= 0.3 is 12.3 Å². The van der Waals surface area contributed by atoms with Crippen LogP contribution in [0.25, 0.3) is 0 Å². The summed E-state index contributed by atoms with van der Waals surface area (Å²) in [4.78, 5) is 13.2. The fourth-order valence-electron chi connectivity index (χ4n) is 2.27. The highest BCUT2D eigenvalue weighted by atomic mass is 19.4. The van der Waals surface area contributed by atoms with Crippen molar-refractivity contribution in [2.24, 2.45) is 5.73 Å². The van der Waals surface area contributed by atoms with Crippen molar-refractivity contribution >= 4 is 6.09 Å². The van der Waals surface area contributed by atoms with Crippen molar-refractivity contribution in [3.8, 4) is 0 Å². The van der Waals surface area contributed by atoms with Crippen LogP contribution in [0, 0.1) is 0 Å². The molecule has 1 fully saturated rings. The van der Waals surface area contributed by atoms with Crippen LogP contribution in [0.3, 0.4) is 0 Å². The van der Waals surface area contributed by atoms with Crippen molar-refractivity contribution in [2.45, 2.75) is 31.6 Å². The summed E-state index contributed by atoms with van der Waals surface area (Å²) in [5.74, 6) is 0. The molecule has 21 heavy (non-hydrogen) atoms. The third-order valence-corrected chi connectivity index (χ3v) is 3.45. The van der Waals surface area contributed by atoms with Gasteiger partial charge in [-0.1, -0.05) is 12.1 Å². The Labute approximate surface area is 120 Å². The van der Waals surface area contributed by atoms with E-state index in [1.165, 1.54) is 17.0 Å². The summed E-state index contributed by atoms with van der Waals surface area (Å²) in [5.41, 5.74) is 5.39. The molecule has 1 saturated heterocycles. The molecule has 1 aliphatic heterocycles. The molecule has 2 N–H and O–H groups in total. The Bertz CT molecular complexity index is 488. The quantitative estimate of drug-likeness (QED) is 0.910. The number of cyclic esters (lactones) is 1. The summed E-state index contributed by atoms with van der Waals surface area (Å²) < 4.78 is 42.5. The van der Waals surface area contributed by atoms with Gasteiger partial charge in [0.2, 0.25) is 0 Å². The first-order valence-corrected chi connectivity index (χ1v) is 6.71. The van der Waals surface area contributed by atoms with E-state index in [0.717, 1.165) is 25.0 Å². The van der Waals surface area contributed by atoms with E-state index in [1.54, 1.807) is 0 Å². The molecular formula is C14H17F3N2O2. The average Bonchev–Trinajstić information content (AvgIpc) is 2.77. The lowest BCUT2D eigenvalue weighted by Gasteiger charge is -2.21. The van der Waals surface area contributed by atoms with Crippen molar-refractivity contribution in [3.05, 3.63) is 35.4 Å². The molecule has 7 heteroatoms. The van der Waals surface area contributed by atoms with Gasteiger partial charge in [0.05, 0.1) is 11.6 Å². The maximum absolute atomic E-state index is 12.5. The second-order valence-corrected chi connectivity index (χ2v) is 4.98. The monoisotopic (exact) mass is 302 g/mol. The van der Waals surface area contributed by atoms with Gasteiger partial charge in [0, 0.05) is 6.54 Å². The van der Waals surface area contributed by atoms with Gasteiger partial charge in [-0.15, -0.1) is 0 Å². The zero-order valence-corrected chi connectivity index (χ0v) is 11.4. The van der Waals surface area contributed by atoms with Gasteiger partial charge < -0.3 is 10.5 Å². The van der Waals surface area contributed by atoms with Crippen LogP contribution in [-0.4, -0.2) is 30.2 Å². The highest BCUT2D eigenvalue weighted by molar-refractivity contribution is 5.70. The molecule has 1 heterocycles. The summed E-state index contributed by atoms with van der Waals surface area (Å²) in [6, 6.07) is 4.74. The van der Waals surface area contributed by atoms with E-state index >= 15 is 0 Å². The van der Waals surface area contributed by atoms with Crippen LogP contribution in [0.2, 0.25) is 0 Å². The molecule has 1 aliphatic rings. The number of nitrogens with two attached hydrogens (primary N) is 1. The molecular weight excluding hydrogens is 285 g/mol. The summed E-state index contributed by atoms with van der Waals surface area (Å²) >= 11 is 0. The molecule has 1 unspecified atom stereocenters. The standard InChI is InChI=1S/C14H17F3N2O2/c15-14(16,17)11-5-3-10(4-6-11)8-19-12(2-1-7-18)9-21-13(19)20/h3-6,12H,1-2,7-9,18H2. The predicted octanol–water partition coefficient (Wildman–Crippen LogP) is 2.77. The molecule has 0 bridgehead atoms. The minimum absolute atomic E-state index is 0.0663. The van der Waals surface area contributed by atoms with Gasteiger partial charge in [0.15, 0.2) is 0 Å². The van der Waals surface area contributed by atoms with Crippen LogP contribution in [-0.2, 0) is 17.5 Å². The van der Waals surface area contributed by atoms with Crippen LogP contribution < -0.4 is 5.73 Å². The molecule has 0 radical (unpaired) electrons. The lowest BCUT2D eigenvalue weighted by atomic mass is 10.1. The second kappa shape index (κ2) is 6.34. The van der Waals surface area contributed by atoms with Crippen LogP contribution in [0.15, 0.2) is 24.3 Å². The van der Waals surface area contributed by atoms with Crippen LogP contribution >= 0.6 is 0 Å². The van der Waals surface area contributed by atoms with E-state index in [4.69, 9.17) is 10.5 Å². The largest absolute Gasteiger partial charge is 0.447 e. The van der Waals surface area contributed by atoms with E-state index in [0.29, 0.717) is 18.7 Å². The number of alkyl halides is 3. The number of rotatable bonds is 5. The van der Waals surface area contributed by atoms with E-state index in [2.05, 4.69) is 0 Å². The summed E-state index contributed by atoms with van der Waals surface area (Å²) in [6.45, 7) is 1.07. The van der Waals surface area contributed by atoms with Gasteiger partial charge in [0.1, 0.15) is 6.61 Å². The number of nitrogens with zero attached hydrogens (tertiary/aromatic N) is 1. The number of carbonyl (C=O) groups is 1. The van der Waals surface area contributed by atoms with Gasteiger partial charge in [-0.3, -0.25) is 4.90 Å². The fourth-order valence-corrected chi connectivity index (χ4v) is 2.27. The molecule has 2 rings (SSSR count). The lowest BCUT2D eigenvalue weighted by Crippen LogP contribution is -2.33. The first-order chi connectivity index (χ1) is 9.91. The molecule has 1 aromatic rings. The van der Waals surface area contributed by atoms with Gasteiger partial charge in [-0.05, 0) is 37.1 Å². The summed E-state index contributed by atoms with van der Waals surface area (Å²) in [5, 5.41) is 0. The molecule has 1 aromatic carbocycles. The molecule has 0 spiro atoms. The van der Waals surface area contributed by atoms with Crippen LogP contribution in [0.4, 0.5) is 18.0 Å². The van der Waals surface area contributed by atoms with Crippen molar-refractivity contribution in [3.63, 3.8) is 0 Å². The van der Waals surface area contributed by atoms with Crippen LogP contribution in [0.1, 0.15) is 24.0 Å². The molecule has 1 atom stereocenters. The topological polar surface area (TPSA) is 55.6 Å². The Morgan fingerprint density at radius 3 is 2.52 bits per heavy atom. The Morgan fingerprint density at radius 1 is 1.29 bits per heavy atom. The third kappa shape index (κ3) is 3.87. The fraction of sp³-hybridized carbons (Fsp3) is 0.500. The number of amides is 1. The maximum atomic E-state index is 12.5. The molecule has 0 aromatic heterocycles. The minimum Gasteiger partial charge on any atom is -0.447 e. The Kier molecular flexibility index (Phi) is 4.72. The lowest BCUT2D eigenvalue weighted by molar-refractivity contribution is -0.137. The zero-order valence-electron chi connectivity index (χ0n) is 11.4. The van der Waals surface area contributed by atoms with Crippen molar-refractivity contribution < 1.29 is 22.7 Å². The van der Waals surface area contributed by atoms with Crippen molar-refractivity contribution in [1.82, 2.24) is 4.90 Å². The van der Waals surface area contributed by atoms with Gasteiger partial charge in [-0.2, -0.15) is 13.2 Å². The molecule has 4 nitrogen and oxygen atoms in total. The Hall–Kier alpha value is -1.76. The Morgan fingerprint density at radius 2 is 1.95 bits per heavy atom. The number of ether oxygens (including phenoxy) is 1. The third-order valence-electron chi connectivity index (χ3n) is 3.45. The molecule has 0 saturated carbocycles. The minimum atomic E-state index is -4.35. The normalized spacial score (nSPS) is 19.0. The number of benzene rings is 1. The molecule has 116 valence electrons. The Balaban J connectivity index is 2.04. The van der Waals surface area contributed by atoms with Crippen LogP contribution in [0.5, 0.6) is 0 Å². The van der Waals surface area contributed by atoms with Gasteiger partial charge in [-0.25, -0.2) is 4.79 Å². The van der Waals surface area contributed by atoms with E-state index in [1.807, 2.05) is 0 Å². The SMILES string of the molecule is NCCCC1COC(=O)N1Cc1ccc(C(F)(F)F)cc1. The number of carbonyl (C=O) groups excluding carboxylic acids is 1. The zero-order chi connectivity index (χ0) is 15.5. The number of halogens is 3. The van der Waals surface area contributed by atoms with E-state index < -0.39 is 17.8 Å². The smallest absolute Gasteiger partial charge is 0.416 e. The van der Waals surface area contributed by atoms with E-state index in [9.17, 15) is 18.0 Å². The van der Waals surface area contributed by atoms with Crippen molar-refractivity contribution in [1.29, 1.82) is 0 Å². The molecule has 1 amide bonds. The number of hydrogen-bond acceptors (Lipinski definition) is 3. The highest BCUT2D eigenvalue weighted by Gasteiger charge is 2.33. The summed E-state index contributed by atoms with van der Waals surface area (Å²) in [6.07, 6.45) is -3.29. The molecule has 0 aliphatic carbocycles. The second-order valence-electron chi connectivity index (χ2n) is 4.98. The predicted molar refractivity (Wildman–Crippen MR) is 70.4 cm³/mol. The average molecular weight is 302 g/mol. The highest BCUT2D eigenvalue weighted by Crippen LogP contribution is 2.29. The first kappa shape index (κ1) is 15.6. The van der Waals surface area contributed by atoms with Gasteiger partial charge in [0.25, 0.3) is 0 Å². The summed E-state index contributed by atoms with van der Waals surface area (Å²) in [7, 11) is 0. The van der Waals surface area contributed by atoms with Crippen molar-refractivity contribution in [2.75, 3.05) is 13.2 Å². The number of hydrogen-bond donors (Lipinski definition) is 1. The first-order valence-electron chi connectivity index (χ1n) is 6.71. The maximum Gasteiger partial charge on any atom is 0.416 e.